The van der Waals surface area contributed by atoms with Gasteiger partial charge in [-0.15, -0.1) is 11.3 Å². The zero-order chi connectivity index (χ0) is 13.5. The van der Waals surface area contributed by atoms with Crippen molar-refractivity contribution in [2.24, 2.45) is 0 Å². The van der Waals surface area contributed by atoms with E-state index in [0.717, 1.165) is 26.2 Å². The fraction of sp³-hybridized carbons (Fsp3) is 0.500. The van der Waals surface area contributed by atoms with Gasteiger partial charge >= 0.3 is 0 Å². The highest BCUT2D eigenvalue weighted by molar-refractivity contribution is 7.17. The summed E-state index contributed by atoms with van der Waals surface area (Å²) in [5, 5.41) is 7.25. The number of hydrogen-bond acceptors (Lipinski definition) is 3. The van der Waals surface area contributed by atoms with Crippen LogP contribution in [0.4, 0.5) is 0 Å². The third-order valence-corrected chi connectivity index (χ3v) is 4.61. The molecule has 19 heavy (non-hydrogen) atoms. The quantitative estimate of drug-likeness (QED) is 0.739. The van der Waals surface area contributed by atoms with E-state index in [1.54, 1.807) is 0 Å². The summed E-state index contributed by atoms with van der Waals surface area (Å²) in [4.78, 5) is 2.47. The van der Waals surface area contributed by atoms with Crippen molar-refractivity contribution in [3.05, 3.63) is 35.2 Å². The molecule has 2 rings (SSSR count). The van der Waals surface area contributed by atoms with Gasteiger partial charge in [-0.3, -0.25) is 0 Å². The molecule has 1 aromatic carbocycles. The van der Waals surface area contributed by atoms with Crippen LogP contribution in [0.5, 0.6) is 0 Å². The topological polar surface area (TPSA) is 15.3 Å². The maximum atomic E-state index is 3.56. The van der Waals surface area contributed by atoms with Crippen LogP contribution in [0.2, 0.25) is 0 Å². The fourth-order valence-electron chi connectivity index (χ4n) is 2.36. The molecule has 0 atom stereocenters. The normalized spacial score (nSPS) is 11.5. The molecule has 1 aromatic heterocycles. The van der Waals surface area contributed by atoms with E-state index in [9.17, 15) is 0 Å². The van der Waals surface area contributed by atoms with Gasteiger partial charge in [0.15, 0.2) is 0 Å². The van der Waals surface area contributed by atoms with Gasteiger partial charge in [-0.1, -0.05) is 32.0 Å². The van der Waals surface area contributed by atoms with Gasteiger partial charge in [0.2, 0.25) is 0 Å². The minimum atomic E-state index is 0.988. The average molecular weight is 276 g/mol. The first-order chi connectivity index (χ1) is 9.35. The van der Waals surface area contributed by atoms with Crippen molar-refractivity contribution in [2.45, 2.75) is 26.8 Å². The highest BCUT2D eigenvalue weighted by Gasteiger charge is 2.02. The molecule has 0 radical (unpaired) electrons. The average Bonchev–Trinajstić information content (AvgIpc) is 2.86. The van der Waals surface area contributed by atoms with Gasteiger partial charge in [0, 0.05) is 11.2 Å². The number of rotatable bonds is 8. The second kappa shape index (κ2) is 7.63. The smallest absolute Gasteiger partial charge is 0.0346 e. The molecular weight excluding hydrogens is 252 g/mol. The molecule has 0 aliphatic rings. The highest BCUT2D eigenvalue weighted by atomic mass is 32.1. The van der Waals surface area contributed by atoms with E-state index >= 15 is 0 Å². The Bertz CT molecular complexity index is 488. The number of benzene rings is 1. The minimum absolute atomic E-state index is 0.988. The molecule has 0 aliphatic heterocycles. The standard InChI is InChI=1S/C16H24N2S/c1-3-18(4-2)11-7-10-17-12-14-13-19-16-9-6-5-8-15(14)16/h5-6,8-9,13,17H,3-4,7,10-12H2,1-2H3. The lowest BCUT2D eigenvalue weighted by Crippen LogP contribution is -2.27. The number of thiophene rings is 1. The molecule has 0 unspecified atom stereocenters. The van der Waals surface area contributed by atoms with E-state index in [1.807, 2.05) is 11.3 Å². The Morgan fingerprint density at radius 2 is 1.95 bits per heavy atom. The second-order valence-corrected chi connectivity index (χ2v) is 5.73. The minimum Gasteiger partial charge on any atom is -0.313 e. The van der Waals surface area contributed by atoms with E-state index in [4.69, 9.17) is 0 Å². The lowest BCUT2D eigenvalue weighted by atomic mass is 10.2. The molecule has 0 saturated heterocycles. The SMILES string of the molecule is CCN(CC)CCCNCc1csc2ccccc12. The Morgan fingerprint density at radius 3 is 2.74 bits per heavy atom. The van der Waals surface area contributed by atoms with Gasteiger partial charge in [0.05, 0.1) is 0 Å². The van der Waals surface area contributed by atoms with Gasteiger partial charge in [-0.2, -0.15) is 0 Å². The molecule has 0 spiro atoms. The summed E-state index contributed by atoms with van der Waals surface area (Å²) in [6.45, 7) is 10.1. The number of hydrogen-bond donors (Lipinski definition) is 1. The molecule has 0 aliphatic carbocycles. The zero-order valence-corrected chi connectivity index (χ0v) is 12.8. The van der Waals surface area contributed by atoms with Crippen LogP contribution in [0.25, 0.3) is 10.1 Å². The van der Waals surface area contributed by atoms with Gasteiger partial charge in [-0.25, -0.2) is 0 Å². The molecule has 1 N–H and O–H groups in total. The maximum absolute atomic E-state index is 3.56. The molecule has 104 valence electrons. The fourth-order valence-corrected chi connectivity index (χ4v) is 3.32. The lowest BCUT2D eigenvalue weighted by Gasteiger charge is -2.17. The molecule has 1 heterocycles. The predicted molar refractivity (Wildman–Crippen MR) is 85.9 cm³/mol. The monoisotopic (exact) mass is 276 g/mol. The summed E-state index contributed by atoms with van der Waals surface area (Å²) >= 11 is 1.84. The van der Waals surface area contributed by atoms with Crippen LogP contribution >= 0.6 is 11.3 Å². The van der Waals surface area contributed by atoms with Crippen LogP contribution in [-0.2, 0) is 6.54 Å². The largest absolute Gasteiger partial charge is 0.313 e. The highest BCUT2D eigenvalue weighted by Crippen LogP contribution is 2.25. The predicted octanol–water partition coefficient (Wildman–Crippen LogP) is 3.72. The number of nitrogens with one attached hydrogen (secondary N) is 1. The molecule has 0 bridgehead atoms. The number of nitrogens with zero attached hydrogens (tertiary/aromatic N) is 1. The summed E-state index contributed by atoms with van der Waals surface area (Å²) in [5.41, 5.74) is 1.43. The molecule has 0 saturated carbocycles. The van der Waals surface area contributed by atoms with E-state index < -0.39 is 0 Å². The van der Waals surface area contributed by atoms with Gasteiger partial charge in [-0.05, 0) is 55.0 Å². The molecule has 0 fully saturated rings. The van der Waals surface area contributed by atoms with Gasteiger partial charge in [0.1, 0.15) is 0 Å². The van der Waals surface area contributed by atoms with Crippen molar-refractivity contribution >= 4 is 21.4 Å². The first kappa shape index (κ1) is 14.5. The summed E-state index contributed by atoms with van der Waals surface area (Å²) in [5.74, 6) is 0. The van der Waals surface area contributed by atoms with Crippen molar-refractivity contribution in [2.75, 3.05) is 26.2 Å². The van der Waals surface area contributed by atoms with Crippen molar-refractivity contribution in [1.29, 1.82) is 0 Å². The van der Waals surface area contributed by atoms with E-state index in [1.165, 1.54) is 28.6 Å². The van der Waals surface area contributed by atoms with Gasteiger partial charge in [0.25, 0.3) is 0 Å². The first-order valence-electron chi connectivity index (χ1n) is 7.23. The van der Waals surface area contributed by atoms with E-state index in [-0.39, 0.29) is 0 Å². The van der Waals surface area contributed by atoms with Crippen molar-refractivity contribution in [3.63, 3.8) is 0 Å². The molecule has 0 amide bonds. The molecule has 2 nitrogen and oxygen atoms in total. The summed E-state index contributed by atoms with van der Waals surface area (Å²) in [6, 6.07) is 8.65. The van der Waals surface area contributed by atoms with Crippen LogP contribution < -0.4 is 5.32 Å². The van der Waals surface area contributed by atoms with Crippen LogP contribution in [0.3, 0.4) is 0 Å². The zero-order valence-electron chi connectivity index (χ0n) is 12.0. The third kappa shape index (κ3) is 4.03. The van der Waals surface area contributed by atoms with Crippen molar-refractivity contribution in [1.82, 2.24) is 10.2 Å². The van der Waals surface area contributed by atoms with Crippen LogP contribution in [0.15, 0.2) is 29.6 Å². The Labute approximate surface area is 120 Å². The Balaban J connectivity index is 1.74. The van der Waals surface area contributed by atoms with Crippen LogP contribution in [0, 0.1) is 0 Å². The summed E-state index contributed by atoms with van der Waals surface area (Å²) in [7, 11) is 0. The third-order valence-electron chi connectivity index (χ3n) is 3.60. The second-order valence-electron chi connectivity index (χ2n) is 4.81. The van der Waals surface area contributed by atoms with Crippen molar-refractivity contribution < 1.29 is 0 Å². The maximum Gasteiger partial charge on any atom is 0.0346 e. The van der Waals surface area contributed by atoms with Gasteiger partial charge < -0.3 is 10.2 Å². The first-order valence-corrected chi connectivity index (χ1v) is 8.11. The lowest BCUT2D eigenvalue weighted by molar-refractivity contribution is 0.298. The Kier molecular flexibility index (Phi) is 5.83. The number of fused-ring (bicyclic) bond motifs is 1. The Hall–Kier alpha value is -0.900. The van der Waals surface area contributed by atoms with Crippen LogP contribution in [-0.4, -0.2) is 31.1 Å². The van der Waals surface area contributed by atoms with E-state index in [2.05, 4.69) is 53.7 Å². The summed E-state index contributed by atoms with van der Waals surface area (Å²) in [6.07, 6.45) is 1.23. The Morgan fingerprint density at radius 1 is 1.16 bits per heavy atom. The molecule has 2 aromatic rings. The van der Waals surface area contributed by atoms with Crippen molar-refractivity contribution in [3.8, 4) is 0 Å². The summed E-state index contributed by atoms with van der Waals surface area (Å²) < 4.78 is 1.39. The molecule has 3 heteroatoms. The molecular formula is C16H24N2S. The van der Waals surface area contributed by atoms with Crippen LogP contribution in [0.1, 0.15) is 25.8 Å². The van der Waals surface area contributed by atoms with E-state index in [0.29, 0.717) is 0 Å².